The molecule has 3 aromatic rings. The summed E-state index contributed by atoms with van der Waals surface area (Å²) >= 11 is 6.08. The van der Waals surface area contributed by atoms with E-state index in [2.05, 4.69) is 15.5 Å². The van der Waals surface area contributed by atoms with Crippen molar-refractivity contribution in [1.82, 2.24) is 10.1 Å². The summed E-state index contributed by atoms with van der Waals surface area (Å²) in [4.78, 5) is 16.7. The van der Waals surface area contributed by atoms with Crippen LogP contribution in [-0.4, -0.2) is 37.4 Å². The van der Waals surface area contributed by atoms with Crippen LogP contribution in [0.1, 0.15) is 18.7 Å². The molecule has 0 unspecified atom stereocenters. The molecule has 0 saturated carbocycles. The van der Waals surface area contributed by atoms with Crippen LogP contribution in [0.15, 0.2) is 40.9 Å². The Hall–Kier alpha value is -3.26. The Morgan fingerprint density at radius 2 is 1.80 bits per heavy atom. The van der Waals surface area contributed by atoms with Gasteiger partial charge in [-0.2, -0.15) is 4.98 Å². The van der Waals surface area contributed by atoms with E-state index in [1.54, 1.807) is 19.2 Å². The van der Waals surface area contributed by atoms with Gasteiger partial charge >= 0.3 is 0 Å². The number of carbonyl (C=O) groups excluding carboxylic acids is 1. The van der Waals surface area contributed by atoms with Crippen molar-refractivity contribution < 1.29 is 23.5 Å². The second kappa shape index (κ2) is 9.98. The third-order valence-corrected chi connectivity index (χ3v) is 4.65. The van der Waals surface area contributed by atoms with Crippen molar-refractivity contribution in [2.45, 2.75) is 19.3 Å². The number of hydrogen-bond donors (Lipinski definition) is 1. The Kier molecular flexibility index (Phi) is 7.13. The van der Waals surface area contributed by atoms with E-state index < -0.39 is 0 Å². The van der Waals surface area contributed by atoms with Crippen LogP contribution in [0.4, 0.5) is 5.69 Å². The molecule has 0 saturated heterocycles. The third-order valence-electron chi connectivity index (χ3n) is 4.36. The molecule has 0 bridgehead atoms. The molecule has 0 spiro atoms. The highest BCUT2D eigenvalue weighted by Gasteiger charge is 2.14. The van der Waals surface area contributed by atoms with Gasteiger partial charge in [-0.1, -0.05) is 16.8 Å². The number of benzene rings is 2. The maximum Gasteiger partial charge on any atom is 0.226 e. The zero-order chi connectivity index (χ0) is 21.5. The first-order valence-corrected chi connectivity index (χ1v) is 9.60. The number of nitrogens with zero attached hydrogens (tertiary/aromatic N) is 2. The molecule has 1 amide bonds. The third kappa shape index (κ3) is 5.21. The highest BCUT2D eigenvalue weighted by atomic mass is 35.5. The molecule has 1 heterocycles. The van der Waals surface area contributed by atoms with Crippen LogP contribution in [0.2, 0.25) is 5.02 Å². The van der Waals surface area contributed by atoms with Gasteiger partial charge in [0.25, 0.3) is 0 Å². The quantitative estimate of drug-likeness (QED) is 0.537. The Balaban J connectivity index is 1.54. The summed E-state index contributed by atoms with van der Waals surface area (Å²) in [5.41, 5.74) is 1.32. The molecule has 158 valence electrons. The smallest absolute Gasteiger partial charge is 0.226 e. The van der Waals surface area contributed by atoms with Crippen LogP contribution in [0.5, 0.6) is 17.2 Å². The zero-order valence-electron chi connectivity index (χ0n) is 16.9. The second-order valence-corrected chi connectivity index (χ2v) is 6.74. The summed E-state index contributed by atoms with van der Waals surface area (Å²) in [6.45, 7) is 0. The van der Waals surface area contributed by atoms with Gasteiger partial charge in [-0.05, 0) is 30.7 Å². The maximum atomic E-state index is 12.3. The minimum Gasteiger partial charge on any atom is -0.497 e. The van der Waals surface area contributed by atoms with E-state index in [1.165, 1.54) is 14.2 Å². The number of nitrogens with one attached hydrogen (secondary N) is 1. The predicted molar refractivity (Wildman–Crippen MR) is 112 cm³/mol. The molecule has 0 aliphatic heterocycles. The number of carbonyl (C=O) groups is 1. The van der Waals surface area contributed by atoms with Crippen molar-refractivity contribution in [3.05, 3.63) is 47.3 Å². The zero-order valence-corrected chi connectivity index (χ0v) is 17.7. The molecule has 1 N–H and O–H groups in total. The molecular weight excluding hydrogens is 410 g/mol. The van der Waals surface area contributed by atoms with Gasteiger partial charge in [-0.25, -0.2) is 0 Å². The van der Waals surface area contributed by atoms with Crippen molar-refractivity contribution in [3.63, 3.8) is 0 Å². The van der Waals surface area contributed by atoms with Gasteiger partial charge in [0.1, 0.15) is 17.2 Å². The molecule has 0 atom stereocenters. The summed E-state index contributed by atoms with van der Waals surface area (Å²) in [7, 11) is 4.62. The van der Waals surface area contributed by atoms with Crippen molar-refractivity contribution in [2.24, 2.45) is 0 Å². The standard InChI is InChI=1S/C21H22ClN3O5/c1-27-14-9-7-13(8-10-14)21-24-20(30-25-21)6-4-5-19(26)23-16-12-17(28-2)15(22)11-18(16)29-3/h7-12H,4-6H2,1-3H3,(H,23,26). The van der Waals surface area contributed by atoms with E-state index in [0.717, 1.165) is 11.3 Å². The van der Waals surface area contributed by atoms with Crippen molar-refractivity contribution >= 4 is 23.2 Å². The molecule has 30 heavy (non-hydrogen) atoms. The normalized spacial score (nSPS) is 10.5. The fraction of sp³-hybridized carbons (Fsp3) is 0.286. The number of rotatable bonds is 9. The van der Waals surface area contributed by atoms with Crippen LogP contribution in [0.3, 0.4) is 0 Å². The summed E-state index contributed by atoms with van der Waals surface area (Å²) < 4.78 is 20.9. The van der Waals surface area contributed by atoms with Gasteiger partial charge in [0, 0.05) is 30.5 Å². The lowest BCUT2D eigenvalue weighted by Crippen LogP contribution is -2.12. The van der Waals surface area contributed by atoms with Gasteiger partial charge in [-0.15, -0.1) is 0 Å². The fourth-order valence-electron chi connectivity index (χ4n) is 2.78. The Bertz CT molecular complexity index is 1000. The number of methoxy groups -OCH3 is 3. The Labute approximate surface area is 179 Å². The molecule has 0 fully saturated rings. The van der Waals surface area contributed by atoms with Gasteiger partial charge in [0.2, 0.25) is 17.6 Å². The van der Waals surface area contributed by atoms with Gasteiger partial charge in [-0.3, -0.25) is 4.79 Å². The summed E-state index contributed by atoms with van der Waals surface area (Å²) in [5, 5.41) is 7.20. The number of ether oxygens (including phenoxy) is 3. The van der Waals surface area contributed by atoms with E-state index in [0.29, 0.717) is 46.8 Å². The molecule has 9 heteroatoms. The summed E-state index contributed by atoms with van der Waals surface area (Å²) in [6, 6.07) is 10.6. The lowest BCUT2D eigenvalue weighted by Gasteiger charge is -2.13. The van der Waals surface area contributed by atoms with Gasteiger partial charge in [0.15, 0.2) is 0 Å². The van der Waals surface area contributed by atoms with Crippen LogP contribution in [0, 0.1) is 0 Å². The van der Waals surface area contributed by atoms with Crippen molar-refractivity contribution in [1.29, 1.82) is 0 Å². The van der Waals surface area contributed by atoms with Crippen LogP contribution >= 0.6 is 11.6 Å². The van der Waals surface area contributed by atoms with Crippen molar-refractivity contribution in [2.75, 3.05) is 26.6 Å². The number of hydrogen-bond acceptors (Lipinski definition) is 7. The molecule has 0 aliphatic rings. The van der Waals surface area contributed by atoms with E-state index in [-0.39, 0.29) is 12.3 Å². The largest absolute Gasteiger partial charge is 0.497 e. The molecule has 2 aromatic carbocycles. The lowest BCUT2D eigenvalue weighted by atomic mass is 10.2. The van der Waals surface area contributed by atoms with Gasteiger partial charge < -0.3 is 24.1 Å². The lowest BCUT2D eigenvalue weighted by molar-refractivity contribution is -0.116. The Morgan fingerprint density at radius 1 is 1.07 bits per heavy atom. The number of halogens is 1. The molecule has 0 aliphatic carbocycles. The minimum atomic E-state index is -0.174. The van der Waals surface area contributed by atoms with Crippen LogP contribution in [-0.2, 0) is 11.2 Å². The second-order valence-electron chi connectivity index (χ2n) is 6.33. The first-order chi connectivity index (χ1) is 14.5. The fourth-order valence-corrected chi connectivity index (χ4v) is 3.02. The highest BCUT2D eigenvalue weighted by molar-refractivity contribution is 6.32. The average Bonchev–Trinajstić information content (AvgIpc) is 3.23. The number of amides is 1. The molecule has 1 aromatic heterocycles. The van der Waals surface area contributed by atoms with E-state index in [9.17, 15) is 4.79 Å². The summed E-state index contributed by atoms with van der Waals surface area (Å²) in [6.07, 6.45) is 1.30. The molecular formula is C21H22ClN3O5. The predicted octanol–water partition coefficient (Wildman–Crippen LogP) is 4.38. The molecule has 8 nitrogen and oxygen atoms in total. The number of aryl methyl sites for hydroxylation is 1. The first-order valence-electron chi connectivity index (χ1n) is 9.22. The average molecular weight is 432 g/mol. The SMILES string of the molecule is COc1ccc(-c2noc(CCCC(=O)Nc3cc(OC)c(Cl)cc3OC)n2)cc1. The van der Waals surface area contributed by atoms with E-state index in [4.69, 9.17) is 30.3 Å². The van der Waals surface area contributed by atoms with Crippen LogP contribution < -0.4 is 19.5 Å². The maximum absolute atomic E-state index is 12.3. The highest BCUT2D eigenvalue weighted by Crippen LogP contribution is 2.36. The van der Waals surface area contributed by atoms with Gasteiger partial charge in [0.05, 0.1) is 32.0 Å². The van der Waals surface area contributed by atoms with E-state index >= 15 is 0 Å². The summed E-state index contributed by atoms with van der Waals surface area (Å²) in [5.74, 6) is 2.45. The first kappa shape index (κ1) is 21.4. The minimum absolute atomic E-state index is 0.174. The Morgan fingerprint density at radius 3 is 2.47 bits per heavy atom. The number of aromatic nitrogens is 2. The van der Waals surface area contributed by atoms with Crippen LogP contribution in [0.25, 0.3) is 11.4 Å². The molecule has 3 rings (SSSR count). The van der Waals surface area contributed by atoms with E-state index in [1.807, 2.05) is 24.3 Å². The number of anilines is 1. The topological polar surface area (TPSA) is 95.7 Å². The monoisotopic (exact) mass is 431 g/mol. The molecule has 0 radical (unpaired) electrons. The van der Waals surface area contributed by atoms with Crippen molar-refractivity contribution in [3.8, 4) is 28.6 Å².